The fourth-order valence-electron chi connectivity index (χ4n) is 3.35. The number of rotatable bonds is 0. The predicted octanol–water partition coefficient (Wildman–Crippen LogP) is 3.92. The maximum absolute atomic E-state index is 9.52. The Bertz CT molecular complexity index is 457. The first-order valence-corrected chi connectivity index (χ1v) is 6.26. The molecule has 0 saturated heterocycles. The second kappa shape index (κ2) is 3.65. The number of fused-ring (bicyclic) bond motifs is 3. The van der Waals surface area contributed by atoms with Crippen LogP contribution in [0.15, 0.2) is 29.3 Å². The molecule has 1 nitrogen and oxygen atoms in total. The summed E-state index contributed by atoms with van der Waals surface area (Å²) in [6, 6.07) is 5.93. The highest BCUT2D eigenvalue weighted by molar-refractivity contribution is 5.45. The molecule has 1 unspecified atom stereocenters. The summed E-state index contributed by atoms with van der Waals surface area (Å²) in [7, 11) is 0. The Labute approximate surface area is 96.8 Å². The Morgan fingerprint density at radius 1 is 1.19 bits per heavy atom. The molecule has 1 aromatic carbocycles. The third-order valence-corrected chi connectivity index (χ3v) is 4.18. The van der Waals surface area contributed by atoms with Gasteiger partial charge in [0, 0.05) is 5.92 Å². The van der Waals surface area contributed by atoms with Crippen LogP contribution in [0.4, 0.5) is 0 Å². The highest BCUT2D eigenvalue weighted by Gasteiger charge is 2.28. The fraction of sp³-hybridized carbons (Fsp3) is 0.467. The number of allylic oxidation sites excluding steroid dienone is 2. The molecule has 0 radical (unpaired) electrons. The van der Waals surface area contributed by atoms with E-state index >= 15 is 0 Å². The summed E-state index contributed by atoms with van der Waals surface area (Å²) in [6.45, 7) is 2.30. The van der Waals surface area contributed by atoms with E-state index in [4.69, 9.17) is 0 Å². The summed E-state index contributed by atoms with van der Waals surface area (Å²) in [4.78, 5) is 0. The maximum Gasteiger partial charge on any atom is 0.115 e. The molecule has 0 saturated carbocycles. The zero-order valence-electron chi connectivity index (χ0n) is 9.79. The van der Waals surface area contributed by atoms with Gasteiger partial charge in [0.2, 0.25) is 0 Å². The van der Waals surface area contributed by atoms with Crippen molar-refractivity contribution in [3.05, 3.63) is 40.5 Å². The summed E-state index contributed by atoms with van der Waals surface area (Å²) in [5.41, 5.74) is 6.14. The first-order valence-electron chi connectivity index (χ1n) is 6.26. The van der Waals surface area contributed by atoms with E-state index in [2.05, 4.69) is 13.0 Å². The van der Waals surface area contributed by atoms with Gasteiger partial charge >= 0.3 is 0 Å². The molecule has 1 heteroatoms. The van der Waals surface area contributed by atoms with Crippen LogP contribution in [0.5, 0.6) is 5.75 Å². The third-order valence-electron chi connectivity index (χ3n) is 4.18. The molecule has 0 heterocycles. The molecular weight excluding hydrogens is 196 g/mol. The molecule has 1 N–H and O–H groups in total. The molecule has 0 fully saturated rings. The van der Waals surface area contributed by atoms with Crippen molar-refractivity contribution >= 4 is 0 Å². The minimum absolute atomic E-state index is 0.415. The van der Waals surface area contributed by atoms with Gasteiger partial charge in [-0.1, -0.05) is 17.2 Å². The Morgan fingerprint density at radius 3 is 2.94 bits per heavy atom. The van der Waals surface area contributed by atoms with Gasteiger partial charge in [-0.2, -0.15) is 0 Å². The predicted molar refractivity (Wildman–Crippen MR) is 65.7 cm³/mol. The van der Waals surface area contributed by atoms with Crippen molar-refractivity contribution < 1.29 is 5.11 Å². The maximum atomic E-state index is 9.52. The van der Waals surface area contributed by atoms with Crippen LogP contribution in [-0.4, -0.2) is 5.11 Å². The van der Waals surface area contributed by atoms with Crippen molar-refractivity contribution in [2.75, 3.05) is 0 Å². The zero-order chi connectivity index (χ0) is 11.1. The molecule has 1 aromatic rings. The van der Waals surface area contributed by atoms with Crippen molar-refractivity contribution in [1.29, 1.82) is 0 Å². The van der Waals surface area contributed by atoms with Gasteiger partial charge in [0.05, 0.1) is 0 Å². The molecule has 0 spiro atoms. The lowest BCUT2D eigenvalue weighted by Crippen LogP contribution is -2.17. The molecular formula is C15H18O. The van der Waals surface area contributed by atoms with E-state index < -0.39 is 0 Å². The average molecular weight is 214 g/mol. The summed E-state index contributed by atoms with van der Waals surface area (Å²) >= 11 is 0. The zero-order valence-corrected chi connectivity index (χ0v) is 9.79. The van der Waals surface area contributed by atoms with E-state index in [1.54, 1.807) is 11.1 Å². The van der Waals surface area contributed by atoms with E-state index in [1.165, 1.54) is 36.8 Å². The molecule has 0 bridgehead atoms. The average Bonchev–Trinajstić information content (AvgIpc) is 2.28. The van der Waals surface area contributed by atoms with E-state index in [9.17, 15) is 5.11 Å². The Kier molecular flexibility index (Phi) is 2.27. The molecule has 3 rings (SSSR count). The van der Waals surface area contributed by atoms with Crippen molar-refractivity contribution in [3.63, 3.8) is 0 Å². The minimum Gasteiger partial charge on any atom is -0.508 e. The highest BCUT2D eigenvalue weighted by atomic mass is 16.3. The molecule has 2 aliphatic rings. The molecule has 1 atom stereocenters. The first kappa shape index (κ1) is 9.95. The van der Waals surface area contributed by atoms with Crippen LogP contribution in [0, 0.1) is 0 Å². The number of benzene rings is 1. The Morgan fingerprint density at radius 2 is 2.06 bits per heavy atom. The van der Waals surface area contributed by atoms with Crippen molar-refractivity contribution in [2.45, 2.75) is 44.9 Å². The summed E-state index contributed by atoms with van der Waals surface area (Å²) in [5, 5.41) is 9.52. The normalized spacial score (nSPS) is 23.9. The molecule has 16 heavy (non-hydrogen) atoms. The number of aryl methyl sites for hydroxylation is 1. The molecule has 0 amide bonds. The van der Waals surface area contributed by atoms with Crippen LogP contribution >= 0.6 is 0 Å². The second-order valence-electron chi connectivity index (χ2n) is 5.13. The van der Waals surface area contributed by atoms with E-state index in [0.29, 0.717) is 11.7 Å². The van der Waals surface area contributed by atoms with Crippen LogP contribution in [0.25, 0.3) is 0 Å². The number of phenols is 1. The van der Waals surface area contributed by atoms with Crippen LogP contribution in [-0.2, 0) is 6.42 Å². The number of aromatic hydroxyl groups is 1. The second-order valence-corrected chi connectivity index (χ2v) is 5.13. The van der Waals surface area contributed by atoms with Crippen LogP contribution < -0.4 is 0 Å². The van der Waals surface area contributed by atoms with Crippen molar-refractivity contribution in [1.82, 2.24) is 0 Å². The topological polar surface area (TPSA) is 20.2 Å². The monoisotopic (exact) mass is 214 g/mol. The lowest BCUT2D eigenvalue weighted by Gasteiger charge is -2.33. The van der Waals surface area contributed by atoms with Gasteiger partial charge in [-0.15, -0.1) is 0 Å². The number of hydrogen-bond acceptors (Lipinski definition) is 1. The van der Waals surface area contributed by atoms with Crippen molar-refractivity contribution in [2.24, 2.45) is 0 Å². The van der Waals surface area contributed by atoms with Gasteiger partial charge in [0.15, 0.2) is 0 Å². The summed E-state index contributed by atoms with van der Waals surface area (Å²) in [6.07, 6.45) is 6.21. The Balaban J connectivity index is 2.10. The van der Waals surface area contributed by atoms with Gasteiger partial charge in [0.25, 0.3) is 0 Å². The van der Waals surface area contributed by atoms with Gasteiger partial charge < -0.3 is 5.11 Å². The standard InChI is InChI=1S/C15H18O/c1-10-3-2-4-15-13(10)7-5-11-9-12(16)6-8-14(11)15/h6,8-9,15-16H,2-5,7H2,1H3. The number of phenolic OH excluding ortho intramolecular Hbond substituents is 1. The SMILES string of the molecule is CC1=C2CCc3cc(O)ccc3C2CCC1. The summed E-state index contributed by atoms with van der Waals surface area (Å²) in [5.74, 6) is 1.07. The lowest BCUT2D eigenvalue weighted by atomic mass is 9.71. The molecule has 84 valence electrons. The molecule has 2 aliphatic carbocycles. The lowest BCUT2D eigenvalue weighted by molar-refractivity contribution is 0.472. The van der Waals surface area contributed by atoms with Gasteiger partial charge in [0.1, 0.15) is 5.75 Å². The van der Waals surface area contributed by atoms with Crippen LogP contribution in [0.2, 0.25) is 0 Å². The Hall–Kier alpha value is -1.24. The van der Waals surface area contributed by atoms with E-state index in [-0.39, 0.29) is 0 Å². The van der Waals surface area contributed by atoms with Gasteiger partial charge in [-0.25, -0.2) is 0 Å². The molecule has 0 aliphatic heterocycles. The quantitative estimate of drug-likeness (QED) is 0.649. The fourth-order valence-corrected chi connectivity index (χ4v) is 3.35. The van der Waals surface area contributed by atoms with E-state index in [0.717, 1.165) is 6.42 Å². The molecule has 0 aromatic heterocycles. The van der Waals surface area contributed by atoms with Crippen molar-refractivity contribution in [3.8, 4) is 5.75 Å². The first-order chi connectivity index (χ1) is 7.75. The highest BCUT2D eigenvalue weighted by Crippen LogP contribution is 2.44. The van der Waals surface area contributed by atoms with Crippen LogP contribution in [0.3, 0.4) is 0 Å². The smallest absolute Gasteiger partial charge is 0.115 e. The van der Waals surface area contributed by atoms with E-state index in [1.807, 2.05) is 12.1 Å². The third kappa shape index (κ3) is 1.46. The summed E-state index contributed by atoms with van der Waals surface area (Å²) < 4.78 is 0. The largest absolute Gasteiger partial charge is 0.508 e. The van der Waals surface area contributed by atoms with Gasteiger partial charge in [-0.05, 0) is 62.3 Å². The van der Waals surface area contributed by atoms with Crippen LogP contribution in [0.1, 0.15) is 49.7 Å². The minimum atomic E-state index is 0.415. The van der Waals surface area contributed by atoms with Gasteiger partial charge in [-0.3, -0.25) is 0 Å². The number of hydrogen-bond donors (Lipinski definition) is 1.